The van der Waals surface area contributed by atoms with Crippen LogP contribution < -0.4 is 4.74 Å². The molecule has 20 heavy (non-hydrogen) atoms. The van der Waals surface area contributed by atoms with Crippen molar-refractivity contribution in [2.75, 3.05) is 0 Å². The highest BCUT2D eigenvalue weighted by Crippen LogP contribution is 2.41. The fourth-order valence-corrected chi connectivity index (χ4v) is 2.59. The molecule has 0 amide bonds. The molecule has 0 fully saturated rings. The largest absolute Gasteiger partial charge is 0.573 e. The van der Waals surface area contributed by atoms with Gasteiger partial charge in [-0.3, -0.25) is 0 Å². The Labute approximate surface area is 128 Å². The van der Waals surface area contributed by atoms with Gasteiger partial charge in [0.25, 0.3) is 0 Å². The maximum atomic E-state index is 13.1. The van der Waals surface area contributed by atoms with Crippen LogP contribution in [0.4, 0.5) is 17.6 Å². The van der Waals surface area contributed by atoms with Crippen molar-refractivity contribution < 1.29 is 22.3 Å². The number of halogens is 7. The minimum atomic E-state index is -4.87. The van der Waals surface area contributed by atoms with Gasteiger partial charge in [0.15, 0.2) is 0 Å². The normalized spacial score (nSPS) is 12.9. The summed E-state index contributed by atoms with van der Waals surface area (Å²) in [7, 11) is 0. The molecule has 2 rings (SSSR count). The van der Waals surface area contributed by atoms with E-state index in [2.05, 4.69) is 9.84 Å². The predicted octanol–water partition coefficient (Wildman–Crippen LogP) is 5.14. The first-order valence-corrected chi connectivity index (χ1v) is 6.66. The van der Waals surface area contributed by atoms with Gasteiger partial charge in [-0.15, -0.1) is 13.2 Å². The van der Waals surface area contributed by atoms with E-state index in [9.17, 15) is 17.6 Å². The van der Waals surface area contributed by atoms with E-state index < -0.39 is 16.0 Å². The molecule has 3 nitrogen and oxygen atoms in total. The van der Waals surface area contributed by atoms with Gasteiger partial charge in [-0.2, -0.15) is 9.49 Å². The molecular weight excluding hydrogens is 367 g/mol. The number of rotatable bonds is 3. The van der Waals surface area contributed by atoms with Gasteiger partial charge in [-0.25, -0.2) is 4.09 Å². The van der Waals surface area contributed by atoms with Gasteiger partial charge in [0.1, 0.15) is 5.75 Å². The van der Waals surface area contributed by atoms with E-state index in [1.54, 1.807) is 0 Å². The lowest BCUT2D eigenvalue weighted by Crippen LogP contribution is -2.17. The summed E-state index contributed by atoms with van der Waals surface area (Å²) in [4.78, 5) is 0. The van der Waals surface area contributed by atoms with Crippen molar-refractivity contribution in [2.45, 2.75) is 10.3 Å². The van der Waals surface area contributed by atoms with E-state index in [0.717, 1.165) is 16.4 Å². The molecular formula is C9H3Cl3F4N2OS. The maximum Gasteiger partial charge on any atom is 0.573 e. The molecule has 0 radical (unpaired) electrons. The summed E-state index contributed by atoms with van der Waals surface area (Å²) in [6, 6.07) is 2.21. The smallest absolute Gasteiger partial charge is 0.404 e. The van der Waals surface area contributed by atoms with Crippen LogP contribution in [0.3, 0.4) is 0 Å². The Balaban J connectivity index is 2.44. The fourth-order valence-electron chi connectivity index (χ4n) is 1.40. The molecule has 0 spiro atoms. The summed E-state index contributed by atoms with van der Waals surface area (Å²) >= 11 is 16.5. The third-order valence-corrected chi connectivity index (χ3v) is 3.51. The Kier molecular flexibility index (Phi) is 4.21. The van der Waals surface area contributed by atoms with E-state index in [1.165, 1.54) is 6.07 Å². The number of hydrogen-bond donors (Lipinski definition) is 0. The van der Waals surface area contributed by atoms with Crippen LogP contribution >= 0.6 is 46.8 Å². The van der Waals surface area contributed by atoms with Crippen LogP contribution in [0.15, 0.2) is 18.3 Å². The average molecular weight is 370 g/mol. The zero-order chi connectivity index (χ0) is 15.1. The van der Waals surface area contributed by atoms with Gasteiger partial charge in [0, 0.05) is 5.39 Å². The highest BCUT2D eigenvalue weighted by atomic mass is 35.5. The predicted molar refractivity (Wildman–Crippen MR) is 70.0 cm³/mol. The van der Waals surface area contributed by atoms with Crippen LogP contribution in [-0.2, 0) is 0 Å². The third kappa shape index (κ3) is 3.75. The average Bonchev–Trinajstić information content (AvgIpc) is 2.62. The Hall–Kier alpha value is -0.570. The van der Waals surface area contributed by atoms with E-state index in [0.29, 0.717) is 11.9 Å². The first kappa shape index (κ1) is 15.8. The number of alkyl halides is 6. The van der Waals surface area contributed by atoms with Gasteiger partial charge < -0.3 is 4.74 Å². The molecule has 110 valence electrons. The molecule has 1 heterocycles. The van der Waals surface area contributed by atoms with Crippen LogP contribution in [-0.4, -0.2) is 19.5 Å². The standard InChI is InChI=1S/C9H3Cl3F4N2OS/c10-7-4-3-17-18(20-8(11,12)13)5(4)1-2-6(7)19-9(14,15)16/h1-3H. The summed E-state index contributed by atoms with van der Waals surface area (Å²) in [5.74, 6) is -0.584. The topological polar surface area (TPSA) is 27.1 Å². The summed E-state index contributed by atoms with van der Waals surface area (Å²) in [5, 5.41) is 3.56. The molecule has 1 aromatic heterocycles. The molecule has 0 bridgehead atoms. The van der Waals surface area contributed by atoms with Gasteiger partial charge >= 0.3 is 10.3 Å². The molecule has 1 aromatic carbocycles. The van der Waals surface area contributed by atoms with Crippen molar-refractivity contribution in [1.82, 2.24) is 9.19 Å². The van der Waals surface area contributed by atoms with Crippen LogP contribution in [0.2, 0.25) is 5.02 Å². The monoisotopic (exact) mass is 368 g/mol. The van der Waals surface area contributed by atoms with E-state index in [4.69, 9.17) is 34.8 Å². The first-order valence-electron chi connectivity index (χ1n) is 4.75. The number of hydrogen-bond acceptors (Lipinski definition) is 3. The molecule has 0 aliphatic heterocycles. The summed E-state index contributed by atoms with van der Waals surface area (Å²) in [5.41, 5.74) is 0.234. The Morgan fingerprint density at radius 3 is 2.40 bits per heavy atom. The number of benzene rings is 1. The Morgan fingerprint density at radius 1 is 1.20 bits per heavy atom. The van der Waals surface area contributed by atoms with Gasteiger partial charge in [0.2, 0.25) is 0 Å². The Bertz CT molecular complexity index is 640. The zero-order valence-corrected chi connectivity index (χ0v) is 12.2. The van der Waals surface area contributed by atoms with Crippen LogP contribution in [0, 0.1) is 0 Å². The number of nitrogens with zero attached hydrogens (tertiary/aromatic N) is 2. The second-order valence-corrected chi connectivity index (χ2v) is 6.57. The van der Waals surface area contributed by atoms with Crippen molar-refractivity contribution in [1.29, 1.82) is 0 Å². The molecule has 0 N–H and O–H groups in total. The fraction of sp³-hybridized carbons (Fsp3) is 0.222. The highest BCUT2D eigenvalue weighted by Gasteiger charge is 2.33. The van der Waals surface area contributed by atoms with Crippen LogP contribution in [0.25, 0.3) is 10.9 Å². The minimum Gasteiger partial charge on any atom is -0.404 e. The van der Waals surface area contributed by atoms with Gasteiger partial charge in [0.05, 0.1) is 28.7 Å². The molecule has 0 saturated heterocycles. The zero-order valence-electron chi connectivity index (χ0n) is 9.09. The van der Waals surface area contributed by atoms with Gasteiger partial charge in [-0.05, 0) is 12.1 Å². The molecule has 2 aromatic rings. The second kappa shape index (κ2) is 5.32. The summed E-state index contributed by atoms with van der Waals surface area (Å²) < 4.78 is 51.7. The lowest BCUT2D eigenvalue weighted by atomic mass is 10.2. The van der Waals surface area contributed by atoms with E-state index in [-0.39, 0.29) is 15.9 Å². The van der Waals surface area contributed by atoms with Crippen molar-refractivity contribution in [3.63, 3.8) is 0 Å². The maximum absolute atomic E-state index is 13.1. The summed E-state index contributed by atoms with van der Waals surface area (Å²) in [6.45, 7) is 0. The summed E-state index contributed by atoms with van der Waals surface area (Å²) in [6.07, 6.45) is -3.73. The van der Waals surface area contributed by atoms with Crippen LogP contribution in [0.1, 0.15) is 0 Å². The molecule has 0 unspecified atom stereocenters. The van der Waals surface area contributed by atoms with Crippen molar-refractivity contribution >= 4 is 57.7 Å². The van der Waals surface area contributed by atoms with Gasteiger partial charge in [-0.1, -0.05) is 34.8 Å². The van der Waals surface area contributed by atoms with Crippen molar-refractivity contribution in [3.05, 3.63) is 23.4 Å². The number of ether oxygens (including phenoxy) is 1. The molecule has 0 saturated carbocycles. The lowest BCUT2D eigenvalue weighted by Gasteiger charge is -2.11. The number of aromatic nitrogens is 2. The molecule has 0 aliphatic rings. The second-order valence-electron chi connectivity index (χ2n) is 3.41. The SMILES string of the molecule is FC(F)(F)Oc1ccc2c(cnn2SC(F)(Cl)Cl)c1Cl. The van der Waals surface area contributed by atoms with Crippen molar-refractivity contribution in [2.24, 2.45) is 0 Å². The highest BCUT2D eigenvalue weighted by molar-refractivity contribution is 8.01. The molecule has 11 heteroatoms. The molecule has 0 atom stereocenters. The Morgan fingerprint density at radius 2 is 1.85 bits per heavy atom. The lowest BCUT2D eigenvalue weighted by molar-refractivity contribution is -0.274. The van der Waals surface area contributed by atoms with E-state index >= 15 is 0 Å². The minimum absolute atomic E-state index is 0.138. The third-order valence-electron chi connectivity index (χ3n) is 2.03. The first-order chi connectivity index (χ1) is 9.07. The molecule has 0 aliphatic carbocycles. The number of fused-ring (bicyclic) bond motifs is 1. The van der Waals surface area contributed by atoms with E-state index in [1.807, 2.05) is 0 Å². The van der Waals surface area contributed by atoms with Crippen LogP contribution in [0.5, 0.6) is 5.75 Å². The quantitative estimate of drug-likeness (QED) is 0.553. The van der Waals surface area contributed by atoms with Crippen molar-refractivity contribution in [3.8, 4) is 5.75 Å².